The first-order valence-corrected chi connectivity index (χ1v) is 6.99. The van der Waals surface area contributed by atoms with Crippen LogP contribution in [0.5, 0.6) is 5.75 Å². The highest BCUT2D eigenvalue weighted by atomic mass is 79.9. The number of thiazole rings is 1. The minimum absolute atomic E-state index is 0.404. The average Bonchev–Trinajstić information content (AvgIpc) is 2.88. The van der Waals surface area contributed by atoms with E-state index in [-0.39, 0.29) is 0 Å². The second-order valence-corrected chi connectivity index (χ2v) is 5.50. The molecule has 18 heavy (non-hydrogen) atoms. The van der Waals surface area contributed by atoms with E-state index < -0.39 is 0 Å². The molecule has 0 fully saturated rings. The lowest BCUT2D eigenvalue weighted by Crippen LogP contribution is -1.99. The molecule has 92 valence electrons. The molecule has 3 aromatic rings. The Labute approximate surface area is 116 Å². The third kappa shape index (κ3) is 2.09. The van der Waals surface area contributed by atoms with Crippen molar-refractivity contribution in [2.75, 3.05) is 5.73 Å². The summed E-state index contributed by atoms with van der Waals surface area (Å²) in [7, 11) is 0. The highest BCUT2D eigenvalue weighted by Gasteiger charge is 2.08. The molecule has 0 aliphatic heterocycles. The van der Waals surface area contributed by atoms with Crippen molar-refractivity contribution in [3.63, 3.8) is 0 Å². The number of hydrogen-bond acceptors (Lipinski definition) is 4. The van der Waals surface area contributed by atoms with Gasteiger partial charge in [-0.05, 0) is 28.1 Å². The molecule has 0 amide bonds. The predicted octanol–water partition coefficient (Wildman–Crippen LogP) is 3.32. The molecule has 4 nitrogen and oxygen atoms in total. The predicted molar refractivity (Wildman–Crippen MR) is 76.0 cm³/mol. The van der Waals surface area contributed by atoms with Gasteiger partial charge in [-0.25, -0.2) is 4.98 Å². The number of aromatic nitrogens is 2. The molecular weight excluding hydrogens is 314 g/mol. The Balaban J connectivity index is 1.80. The Hall–Kier alpha value is -1.53. The van der Waals surface area contributed by atoms with Crippen LogP contribution in [0.1, 0.15) is 5.69 Å². The number of nitrogens with zero attached hydrogens (tertiary/aromatic N) is 2. The molecule has 0 radical (unpaired) electrons. The van der Waals surface area contributed by atoms with Gasteiger partial charge in [-0.3, -0.25) is 4.40 Å². The van der Waals surface area contributed by atoms with Crippen LogP contribution < -0.4 is 10.5 Å². The van der Waals surface area contributed by atoms with E-state index in [1.807, 2.05) is 40.4 Å². The maximum absolute atomic E-state index is 5.86. The first-order chi connectivity index (χ1) is 8.74. The average molecular weight is 324 g/mol. The fourth-order valence-electron chi connectivity index (χ4n) is 1.67. The van der Waals surface area contributed by atoms with Crippen LogP contribution in [0.25, 0.3) is 4.96 Å². The zero-order chi connectivity index (χ0) is 12.5. The molecule has 6 heteroatoms. The molecule has 0 spiro atoms. The summed E-state index contributed by atoms with van der Waals surface area (Å²) in [6, 6.07) is 5.59. The Morgan fingerprint density at radius 3 is 3.11 bits per heavy atom. The molecular formula is C12H10BrN3OS. The van der Waals surface area contributed by atoms with Crippen molar-refractivity contribution in [1.82, 2.24) is 9.38 Å². The van der Waals surface area contributed by atoms with Crippen LogP contribution in [-0.2, 0) is 6.61 Å². The van der Waals surface area contributed by atoms with Crippen LogP contribution >= 0.6 is 27.3 Å². The lowest BCUT2D eigenvalue weighted by molar-refractivity contribution is 0.302. The summed E-state index contributed by atoms with van der Waals surface area (Å²) in [5, 5.41) is 2.00. The molecule has 0 bridgehead atoms. The molecule has 0 aliphatic rings. The van der Waals surface area contributed by atoms with Crippen molar-refractivity contribution in [2.45, 2.75) is 6.61 Å². The summed E-state index contributed by atoms with van der Waals surface area (Å²) < 4.78 is 8.54. The molecule has 0 aliphatic carbocycles. The zero-order valence-corrected chi connectivity index (χ0v) is 11.7. The summed E-state index contributed by atoms with van der Waals surface area (Å²) in [6.07, 6.45) is 3.93. The Kier molecular flexibility index (Phi) is 2.97. The van der Waals surface area contributed by atoms with E-state index in [0.29, 0.717) is 18.0 Å². The van der Waals surface area contributed by atoms with Crippen molar-refractivity contribution < 1.29 is 4.74 Å². The zero-order valence-electron chi connectivity index (χ0n) is 9.34. The Bertz CT molecular complexity index is 643. The SMILES string of the molecule is Nc1cccc(Br)c1OCc1cn2ccsc2n1. The Morgan fingerprint density at radius 1 is 1.44 bits per heavy atom. The van der Waals surface area contributed by atoms with E-state index in [9.17, 15) is 0 Å². The van der Waals surface area contributed by atoms with Crippen molar-refractivity contribution in [2.24, 2.45) is 0 Å². The number of fused-ring (bicyclic) bond motifs is 1. The summed E-state index contributed by atoms with van der Waals surface area (Å²) in [5.41, 5.74) is 7.36. The number of benzene rings is 1. The third-order valence-corrected chi connectivity index (χ3v) is 3.90. The van der Waals surface area contributed by atoms with E-state index >= 15 is 0 Å². The molecule has 0 saturated carbocycles. The number of hydrogen-bond donors (Lipinski definition) is 1. The van der Waals surface area contributed by atoms with Crippen molar-refractivity contribution in [3.05, 3.63) is 46.1 Å². The van der Waals surface area contributed by atoms with Gasteiger partial charge in [0.15, 0.2) is 10.7 Å². The number of ether oxygens (including phenoxy) is 1. The summed E-state index contributed by atoms with van der Waals surface area (Å²) in [4.78, 5) is 5.41. The fourth-order valence-corrected chi connectivity index (χ4v) is 2.88. The lowest BCUT2D eigenvalue weighted by atomic mass is 10.3. The highest BCUT2D eigenvalue weighted by Crippen LogP contribution is 2.31. The number of nitrogen functional groups attached to an aromatic ring is 1. The second kappa shape index (κ2) is 4.62. The van der Waals surface area contributed by atoms with Gasteiger partial charge in [0.2, 0.25) is 0 Å². The van der Waals surface area contributed by atoms with Crippen LogP contribution in [0.15, 0.2) is 40.4 Å². The number of imidazole rings is 1. The molecule has 1 aromatic carbocycles. The van der Waals surface area contributed by atoms with Crippen LogP contribution in [0.2, 0.25) is 0 Å². The Morgan fingerprint density at radius 2 is 2.33 bits per heavy atom. The normalized spacial score (nSPS) is 10.9. The monoisotopic (exact) mass is 323 g/mol. The van der Waals surface area contributed by atoms with E-state index in [1.54, 1.807) is 11.3 Å². The van der Waals surface area contributed by atoms with Crippen LogP contribution in [0.3, 0.4) is 0 Å². The van der Waals surface area contributed by atoms with E-state index in [2.05, 4.69) is 20.9 Å². The van der Waals surface area contributed by atoms with Gasteiger partial charge in [-0.2, -0.15) is 0 Å². The van der Waals surface area contributed by atoms with E-state index in [0.717, 1.165) is 15.1 Å². The number of anilines is 1. The molecule has 0 saturated heterocycles. The van der Waals surface area contributed by atoms with Gasteiger partial charge in [-0.15, -0.1) is 11.3 Å². The summed E-state index contributed by atoms with van der Waals surface area (Å²) >= 11 is 5.02. The van der Waals surface area contributed by atoms with Gasteiger partial charge in [0, 0.05) is 17.8 Å². The van der Waals surface area contributed by atoms with Gasteiger partial charge < -0.3 is 10.5 Å². The number of para-hydroxylation sites is 1. The van der Waals surface area contributed by atoms with Crippen LogP contribution in [0, 0.1) is 0 Å². The first-order valence-electron chi connectivity index (χ1n) is 5.32. The van der Waals surface area contributed by atoms with E-state index in [4.69, 9.17) is 10.5 Å². The minimum atomic E-state index is 0.404. The standard InChI is InChI=1S/C12H10BrN3OS/c13-9-2-1-3-10(14)11(9)17-7-8-6-16-4-5-18-12(16)15-8/h1-6H,7,14H2. The smallest absolute Gasteiger partial charge is 0.193 e. The van der Waals surface area contributed by atoms with Gasteiger partial charge in [0.25, 0.3) is 0 Å². The largest absolute Gasteiger partial charge is 0.484 e. The van der Waals surface area contributed by atoms with Gasteiger partial charge >= 0.3 is 0 Å². The number of halogens is 1. The third-order valence-electron chi connectivity index (χ3n) is 2.50. The topological polar surface area (TPSA) is 52.5 Å². The quantitative estimate of drug-likeness (QED) is 0.752. The van der Waals surface area contributed by atoms with Gasteiger partial charge in [-0.1, -0.05) is 6.07 Å². The minimum Gasteiger partial charge on any atom is -0.484 e. The second-order valence-electron chi connectivity index (χ2n) is 3.77. The maximum atomic E-state index is 5.86. The van der Waals surface area contributed by atoms with Crippen molar-refractivity contribution in [1.29, 1.82) is 0 Å². The fraction of sp³-hybridized carbons (Fsp3) is 0.0833. The molecule has 3 rings (SSSR count). The van der Waals surface area contributed by atoms with Crippen LogP contribution in [0.4, 0.5) is 5.69 Å². The first kappa shape index (κ1) is 11.6. The lowest BCUT2D eigenvalue weighted by Gasteiger charge is -2.09. The van der Waals surface area contributed by atoms with E-state index in [1.165, 1.54) is 0 Å². The highest BCUT2D eigenvalue weighted by molar-refractivity contribution is 9.10. The molecule has 0 atom stereocenters. The van der Waals surface area contributed by atoms with Crippen LogP contribution in [-0.4, -0.2) is 9.38 Å². The van der Waals surface area contributed by atoms with Gasteiger partial charge in [0.1, 0.15) is 6.61 Å². The molecule has 2 aromatic heterocycles. The number of rotatable bonds is 3. The van der Waals surface area contributed by atoms with Crippen molar-refractivity contribution >= 4 is 37.9 Å². The van der Waals surface area contributed by atoms with Gasteiger partial charge in [0.05, 0.1) is 15.9 Å². The molecule has 2 N–H and O–H groups in total. The van der Waals surface area contributed by atoms with Crippen molar-refractivity contribution in [3.8, 4) is 5.75 Å². The molecule has 2 heterocycles. The number of nitrogens with two attached hydrogens (primary N) is 1. The molecule has 0 unspecified atom stereocenters. The maximum Gasteiger partial charge on any atom is 0.193 e. The summed E-state index contributed by atoms with van der Waals surface area (Å²) in [5.74, 6) is 0.661. The summed E-state index contributed by atoms with van der Waals surface area (Å²) in [6.45, 7) is 0.404.